The summed E-state index contributed by atoms with van der Waals surface area (Å²) in [5.41, 5.74) is 0.964. The number of carbonyl (C=O) groups is 4. The van der Waals surface area contributed by atoms with Gasteiger partial charge in [-0.2, -0.15) is 0 Å². The maximum absolute atomic E-state index is 13.1. The summed E-state index contributed by atoms with van der Waals surface area (Å²) >= 11 is 0. The van der Waals surface area contributed by atoms with E-state index < -0.39 is 29.7 Å². The van der Waals surface area contributed by atoms with E-state index in [1.807, 2.05) is 0 Å². The Bertz CT molecular complexity index is 1110. The highest BCUT2D eigenvalue weighted by Gasteiger charge is 2.43. The van der Waals surface area contributed by atoms with Gasteiger partial charge in [-0.1, -0.05) is 24.3 Å². The predicted octanol–water partition coefficient (Wildman–Crippen LogP) is 1.53. The number of fused-ring (bicyclic) bond motifs is 1. The van der Waals surface area contributed by atoms with Crippen LogP contribution in [0.25, 0.3) is 0 Å². The molecule has 4 amide bonds. The number of rotatable bonds is 4. The molecule has 2 heterocycles. The summed E-state index contributed by atoms with van der Waals surface area (Å²) in [6.07, 6.45) is 0.219. The lowest BCUT2D eigenvalue weighted by atomic mass is 10.0. The van der Waals surface area contributed by atoms with Crippen molar-refractivity contribution in [2.24, 2.45) is 0 Å². The first kappa shape index (κ1) is 19.3. The molecule has 9 nitrogen and oxygen atoms in total. The normalized spacial score (nSPS) is 18.2. The molecule has 0 saturated carbocycles. The van der Waals surface area contributed by atoms with Crippen LogP contribution in [0.4, 0.5) is 5.69 Å². The number of hydrogen-bond donors (Lipinski definition) is 3. The lowest BCUT2D eigenvalue weighted by molar-refractivity contribution is -0.135. The van der Waals surface area contributed by atoms with Crippen LogP contribution in [-0.4, -0.2) is 47.5 Å². The highest BCUT2D eigenvalue weighted by molar-refractivity contribution is 6.27. The molecule has 2 aromatic rings. The van der Waals surface area contributed by atoms with Crippen LogP contribution in [0.15, 0.2) is 42.5 Å². The molecule has 0 bridgehead atoms. The average Bonchev–Trinajstić information content (AvgIpc) is 2.99. The minimum Gasteiger partial charge on any atom is -0.496 e. The highest BCUT2D eigenvalue weighted by Crippen LogP contribution is 2.33. The number of ether oxygens (including phenoxy) is 1. The Balaban J connectivity index is 1.66. The molecular formula is C21H18N4O5. The van der Waals surface area contributed by atoms with Gasteiger partial charge in [0.05, 0.1) is 23.9 Å². The first-order valence-electron chi connectivity index (χ1n) is 9.26. The Morgan fingerprint density at radius 1 is 1.17 bits per heavy atom. The summed E-state index contributed by atoms with van der Waals surface area (Å²) in [5.74, 6) is -1.82. The van der Waals surface area contributed by atoms with Crippen molar-refractivity contribution >= 4 is 35.2 Å². The van der Waals surface area contributed by atoms with Crippen molar-refractivity contribution in [2.75, 3.05) is 12.4 Å². The fourth-order valence-electron chi connectivity index (χ4n) is 3.68. The molecule has 4 rings (SSSR count). The minimum absolute atomic E-state index is 0.0845. The Hall–Kier alpha value is -4.01. The van der Waals surface area contributed by atoms with Crippen LogP contribution < -0.4 is 15.4 Å². The smallest absolute Gasteiger partial charge is 0.263 e. The SMILES string of the molecule is COc1ccccc1C(=O)Nc1cccc2c1C(=O)N(C1CCC(=O)NC1=O)C2=N. The van der Waals surface area contributed by atoms with Gasteiger partial charge in [0.25, 0.3) is 11.8 Å². The van der Waals surface area contributed by atoms with Gasteiger partial charge in [-0.3, -0.25) is 34.8 Å². The first-order valence-corrected chi connectivity index (χ1v) is 9.26. The fourth-order valence-corrected chi connectivity index (χ4v) is 3.68. The summed E-state index contributed by atoms with van der Waals surface area (Å²) in [5, 5.41) is 13.3. The molecule has 2 aliphatic rings. The topological polar surface area (TPSA) is 129 Å². The molecule has 1 atom stereocenters. The van der Waals surface area contributed by atoms with E-state index in [1.54, 1.807) is 42.5 Å². The third-order valence-corrected chi connectivity index (χ3v) is 5.11. The average molecular weight is 406 g/mol. The Morgan fingerprint density at radius 3 is 2.67 bits per heavy atom. The lowest BCUT2D eigenvalue weighted by Crippen LogP contribution is -2.54. The number of imide groups is 1. The predicted molar refractivity (Wildman–Crippen MR) is 107 cm³/mol. The van der Waals surface area contributed by atoms with Crippen LogP contribution in [0.1, 0.15) is 39.1 Å². The summed E-state index contributed by atoms with van der Waals surface area (Å²) in [7, 11) is 1.45. The van der Waals surface area contributed by atoms with Gasteiger partial charge in [0.2, 0.25) is 11.8 Å². The third kappa shape index (κ3) is 3.10. The molecule has 9 heteroatoms. The third-order valence-electron chi connectivity index (χ3n) is 5.11. The van der Waals surface area contributed by atoms with Crippen molar-refractivity contribution in [3.05, 3.63) is 59.2 Å². The van der Waals surface area contributed by atoms with E-state index in [0.717, 1.165) is 4.90 Å². The van der Waals surface area contributed by atoms with Gasteiger partial charge < -0.3 is 10.1 Å². The number of methoxy groups -OCH3 is 1. The second-order valence-corrected chi connectivity index (χ2v) is 6.87. The van der Waals surface area contributed by atoms with E-state index >= 15 is 0 Å². The van der Waals surface area contributed by atoms with Crippen LogP contribution in [0.2, 0.25) is 0 Å². The quantitative estimate of drug-likeness (QED) is 0.664. The lowest BCUT2D eigenvalue weighted by Gasteiger charge is -2.29. The summed E-state index contributed by atoms with van der Waals surface area (Å²) in [6.45, 7) is 0. The summed E-state index contributed by atoms with van der Waals surface area (Å²) in [6, 6.07) is 10.5. The van der Waals surface area contributed by atoms with Crippen LogP contribution in [0, 0.1) is 5.41 Å². The van der Waals surface area contributed by atoms with Crippen LogP contribution in [-0.2, 0) is 9.59 Å². The summed E-state index contributed by atoms with van der Waals surface area (Å²) in [4.78, 5) is 50.7. The Kier molecular flexibility index (Phi) is 4.78. The molecule has 2 aliphatic heterocycles. The van der Waals surface area contributed by atoms with Gasteiger partial charge >= 0.3 is 0 Å². The number of carbonyl (C=O) groups excluding carboxylic acids is 4. The molecule has 2 aromatic carbocycles. The van der Waals surface area contributed by atoms with Crippen LogP contribution >= 0.6 is 0 Å². The molecule has 0 aromatic heterocycles. The zero-order valence-electron chi connectivity index (χ0n) is 16.0. The second kappa shape index (κ2) is 7.43. The van der Waals surface area contributed by atoms with E-state index in [9.17, 15) is 19.2 Å². The van der Waals surface area contributed by atoms with Gasteiger partial charge in [-0.25, -0.2) is 0 Å². The number of amides is 4. The largest absolute Gasteiger partial charge is 0.496 e. The van der Waals surface area contributed by atoms with Crippen molar-refractivity contribution in [1.82, 2.24) is 10.2 Å². The molecule has 1 unspecified atom stereocenters. The van der Waals surface area contributed by atoms with Crippen molar-refractivity contribution in [2.45, 2.75) is 18.9 Å². The molecule has 3 N–H and O–H groups in total. The Labute approximate surface area is 171 Å². The molecule has 152 valence electrons. The molecular weight excluding hydrogens is 388 g/mol. The number of hydrogen-bond acceptors (Lipinski definition) is 6. The minimum atomic E-state index is -0.951. The number of anilines is 1. The van der Waals surface area contributed by atoms with Crippen LogP contribution in [0.3, 0.4) is 0 Å². The highest BCUT2D eigenvalue weighted by atomic mass is 16.5. The van der Waals surface area contributed by atoms with E-state index in [2.05, 4.69) is 10.6 Å². The van der Waals surface area contributed by atoms with Gasteiger partial charge in [0.15, 0.2) is 0 Å². The zero-order valence-corrected chi connectivity index (χ0v) is 16.0. The van der Waals surface area contributed by atoms with E-state index in [-0.39, 0.29) is 29.9 Å². The number of piperidine rings is 1. The van der Waals surface area contributed by atoms with Gasteiger partial charge in [0, 0.05) is 12.0 Å². The number of benzene rings is 2. The monoisotopic (exact) mass is 406 g/mol. The molecule has 1 saturated heterocycles. The standard InChI is InChI=1S/C21H18N4O5/c1-30-15-8-3-2-5-11(15)19(27)23-13-7-4-6-12-17(13)21(29)25(18(12)22)14-9-10-16(26)24-20(14)28/h2-8,14,22H,9-10H2,1H3,(H,23,27)(H,24,26,28). The number of amidine groups is 1. The van der Waals surface area contributed by atoms with Gasteiger partial charge in [-0.15, -0.1) is 0 Å². The van der Waals surface area contributed by atoms with Crippen LogP contribution in [0.5, 0.6) is 5.75 Å². The van der Waals surface area contributed by atoms with Crippen molar-refractivity contribution < 1.29 is 23.9 Å². The van der Waals surface area contributed by atoms with E-state index in [4.69, 9.17) is 10.1 Å². The van der Waals surface area contributed by atoms with Crippen molar-refractivity contribution in [1.29, 1.82) is 5.41 Å². The Morgan fingerprint density at radius 2 is 1.93 bits per heavy atom. The number of para-hydroxylation sites is 1. The fraction of sp³-hybridized carbons (Fsp3) is 0.190. The number of nitrogens with one attached hydrogen (secondary N) is 3. The van der Waals surface area contributed by atoms with E-state index in [0.29, 0.717) is 16.9 Å². The van der Waals surface area contributed by atoms with Gasteiger partial charge in [-0.05, 0) is 24.6 Å². The zero-order chi connectivity index (χ0) is 21.4. The maximum atomic E-state index is 13.1. The molecule has 0 aliphatic carbocycles. The first-order chi connectivity index (χ1) is 14.4. The molecule has 30 heavy (non-hydrogen) atoms. The second-order valence-electron chi connectivity index (χ2n) is 6.87. The van der Waals surface area contributed by atoms with Crippen molar-refractivity contribution in [3.8, 4) is 5.75 Å². The van der Waals surface area contributed by atoms with E-state index in [1.165, 1.54) is 7.11 Å². The maximum Gasteiger partial charge on any atom is 0.263 e. The number of nitrogens with zero attached hydrogens (tertiary/aromatic N) is 1. The molecule has 0 radical (unpaired) electrons. The molecule has 0 spiro atoms. The van der Waals surface area contributed by atoms with Gasteiger partial charge in [0.1, 0.15) is 17.6 Å². The van der Waals surface area contributed by atoms with Crippen molar-refractivity contribution in [3.63, 3.8) is 0 Å². The molecule has 1 fully saturated rings. The summed E-state index contributed by atoms with van der Waals surface area (Å²) < 4.78 is 5.21.